The molecule has 0 saturated carbocycles. The highest BCUT2D eigenvalue weighted by atomic mass is 16.5. The van der Waals surface area contributed by atoms with Crippen LogP contribution in [0.15, 0.2) is 36.4 Å². The third kappa shape index (κ3) is 5.50. The summed E-state index contributed by atoms with van der Waals surface area (Å²) in [6, 6.07) is 11.4. The highest BCUT2D eigenvalue weighted by Gasteiger charge is 2.19. The van der Waals surface area contributed by atoms with Crippen LogP contribution in [0.5, 0.6) is 11.5 Å². The summed E-state index contributed by atoms with van der Waals surface area (Å²) in [5, 5.41) is 2.83. The zero-order valence-corrected chi connectivity index (χ0v) is 17.1. The molecule has 2 aromatic carbocycles. The van der Waals surface area contributed by atoms with Gasteiger partial charge < -0.3 is 19.5 Å². The zero-order chi connectivity index (χ0) is 20.8. The minimum Gasteiger partial charge on any atom is -0.497 e. The largest absolute Gasteiger partial charge is 0.497 e. The van der Waals surface area contributed by atoms with Gasteiger partial charge in [0.2, 0.25) is 0 Å². The van der Waals surface area contributed by atoms with Crippen molar-refractivity contribution < 1.29 is 23.8 Å². The zero-order valence-electron chi connectivity index (χ0n) is 17.1. The van der Waals surface area contributed by atoms with Gasteiger partial charge in [0.15, 0.2) is 6.10 Å². The van der Waals surface area contributed by atoms with Gasteiger partial charge in [0, 0.05) is 18.2 Å². The van der Waals surface area contributed by atoms with Crippen molar-refractivity contribution in [2.24, 2.45) is 0 Å². The SMILES string of the molecule is COc1cc(CCC(=O)O[C@H](C)C(=O)Nc2ccc3c(c2)CCC3)cc(OC)c1. The van der Waals surface area contributed by atoms with E-state index in [1.165, 1.54) is 11.1 Å². The fourth-order valence-electron chi connectivity index (χ4n) is 3.46. The number of benzene rings is 2. The van der Waals surface area contributed by atoms with E-state index >= 15 is 0 Å². The van der Waals surface area contributed by atoms with Gasteiger partial charge in [0.25, 0.3) is 5.91 Å². The summed E-state index contributed by atoms with van der Waals surface area (Å²) < 4.78 is 15.8. The van der Waals surface area contributed by atoms with E-state index in [2.05, 4.69) is 11.4 Å². The minimum absolute atomic E-state index is 0.160. The maximum absolute atomic E-state index is 12.4. The van der Waals surface area contributed by atoms with Gasteiger partial charge in [-0.05, 0) is 73.6 Å². The molecule has 0 radical (unpaired) electrons. The minimum atomic E-state index is -0.865. The number of carbonyl (C=O) groups is 2. The lowest BCUT2D eigenvalue weighted by Gasteiger charge is -2.14. The van der Waals surface area contributed by atoms with Crippen molar-refractivity contribution in [2.75, 3.05) is 19.5 Å². The highest BCUT2D eigenvalue weighted by molar-refractivity contribution is 5.95. The molecule has 1 amide bonds. The lowest BCUT2D eigenvalue weighted by molar-refractivity contribution is -0.153. The molecule has 0 saturated heterocycles. The van der Waals surface area contributed by atoms with Crippen molar-refractivity contribution in [1.82, 2.24) is 0 Å². The Balaban J connectivity index is 1.50. The topological polar surface area (TPSA) is 73.9 Å². The van der Waals surface area contributed by atoms with Crippen LogP contribution in [0.4, 0.5) is 5.69 Å². The molecule has 3 rings (SSSR count). The van der Waals surface area contributed by atoms with Crippen molar-refractivity contribution in [2.45, 2.75) is 45.1 Å². The number of amides is 1. The first-order valence-corrected chi connectivity index (χ1v) is 9.82. The lowest BCUT2D eigenvalue weighted by atomic mass is 10.1. The number of fused-ring (bicyclic) bond motifs is 1. The molecule has 1 N–H and O–H groups in total. The molecular formula is C23H27NO5. The Morgan fingerprint density at radius 1 is 1.00 bits per heavy atom. The van der Waals surface area contributed by atoms with Crippen LogP contribution >= 0.6 is 0 Å². The van der Waals surface area contributed by atoms with Crippen LogP contribution in [0.3, 0.4) is 0 Å². The van der Waals surface area contributed by atoms with Gasteiger partial charge in [-0.2, -0.15) is 0 Å². The van der Waals surface area contributed by atoms with E-state index in [1.807, 2.05) is 24.3 Å². The second-order valence-electron chi connectivity index (χ2n) is 7.18. The summed E-state index contributed by atoms with van der Waals surface area (Å²) in [6.07, 6.45) is 3.05. The van der Waals surface area contributed by atoms with E-state index in [0.29, 0.717) is 17.9 Å². The first kappa shape index (κ1) is 20.7. The number of anilines is 1. The van der Waals surface area contributed by atoms with Crippen molar-refractivity contribution in [3.63, 3.8) is 0 Å². The van der Waals surface area contributed by atoms with E-state index in [1.54, 1.807) is 27.2 Å². The summed E-state index contributed by atoms with van der Waals surface area (Å²) in [5.41, 5.74) is 4.26. The number of carbonyl (C=O) groups excluding carboxylic acids is 2. The molecule has 0 aromatic heterocycles. The number of rotatable bonds is 8. The molecule has 0 bridgehead atoms. The quantitative estimate of drug-likeness (QED) is 0.688. The molecule has 1 aliphatic carbocycles. The van der Waals surface area contributed by atoms with E-state index in [0.717, 1.165) is 30.5 Å². The summed E-state index contributed by atoms with van der Waals surface area (Å²) >= 11 is 0. The Hall–Kier alpha value is -3.02. The van der Waals surface area contributed by atoms with Crippen LogP contribution in [0.1, 0.15) is 36.5 Å². The molecule has 1 atom stereocenters. The molecular weight excluding hydrogens is 370 g/mol. The standard InChI is InChI=1S/C23H27NO5/c1-15(23(26)24-19-9-8-17-5-4-6-18(17)13-19)29-22(25)10-7-16-11-20(27-2)14-21(12-16)28-3/h8-9,11-15H,4-7,10H2,1-3H3,(H,24,26)/t15-/m1/s1. The van der Waals surface area contributed by atoms with Crippen LogP contribution in [0, 0.1) is 0 Å². The monoisotopic (exact) mass is 397 g/mol. The average Bonchev–Trinajstić information content (AvgIpc) is 3.19. The number of esters is 1. The average molecular weight is 397 g/mol. The molecule has 0 fully saturated rings. The molecule has 1 aliphatic rings. The Labute approximate surface area is 171 Å². The predicted octanol–water partition coefficient (Wildman–Crippen LogP) is 3.70. The number of hydrogen-bond donors (Lipinski definition) is 1. The fourth-order valence-corrected chi connectivity index (χ4v) is 3.46. The molecule has 0 heterocycles. The summed E-state index contributed by atoms with van der Waals surface area (Å²) in [4.78, 5) is 24.5. The Bertz CT molecular complexity index is 871. The number of nitrogens with one attached hydrogen (secondary N) is 1. The second kappa shape index (κ2) is 9.45. The maximum atomic E-state index is 12.4. The van der Waals surface area contributed by atoms with E-state index < -0.39 is 12.1 Å². The lowest BCUT2D eigenvalue weighted by Crippen LogP contribution is -2.30. The van der Waals surface area contributed by atoms with Crippen LogP contribution in [0.25, 0.3) is 0 Å². The third-order valence-corrected chi connectivity index (χ3v) is 5.07. The van der Waals surface area contributed by atoms with Gasteiger partial charge in [0.05, 0.1) is 14.2 Å². The van der Waals surface area contributed by atoms with Crippen molar-refractivity contribution in [1.29, 1.82) is 0 Å². The van der Waals surface area contributed by atoms with Crippen LogP contribution in [-0.2, 0) is 33.6 Å². The smallest absolute Gasteiger partial charge is 0.306 e. The van der Waals surface area contributed by atoms with Crippen molar-refractivity contribution in [3.8, 4) is 11.5 Å². The summed E-state index contributed by atoms with van der Waals surface area (Å²) in [5.74, 6) is 0.562. The Morgan fingerprint density at radius 2 is 1.69 bits per heavy atom. The van der Waals surface area contributed by atoms with Crippen LogP contribution in [0.2, 0.25) is 0 Å². The van der Waals surface area contributed by atoms with Gasteiger partial charge in [-0.25, -0.2) is 0 Å². The first-order valence-electron chi connectivity index (χ1n) is 9.82. The number of hydrogen-bond acceptors (Lipinski definition) is 5. The number of methoxy groups -OCH3 is 2. The number of aryl methyl sites for hydroxylation is 3. The molecule has 2 aromatic rings. The first-order chi connectivity index (χ1) is 14.0. The molecule has 154 valence electrons. The third-order valence-electron chi connectivity index (χ3n) is 5.07. The predicted molar refractivity (Wildman–Crippen MR) is 111 cm³/mol. The van der Waals surface area contributed by atoms with Gasteiger partial charge in [-0.3, -0.25) is 9.59 Å². The van der Waals surface area contributed by atoms with Crippen molar-refractivity contribution in [3.05, 3.63) is 53.1 Å². The van der Waals surface area contributed by atoms with Gasteiger partial charge >= 0.3 is 5.97 Å². The van der Waals surface area contributed by atoms with E-state index in [-0.39, 0.29) is 12.3 Å². The molecule has 29 heavy (non-hydrogen) atoms. The van der Waals surface area contributed by atoms with E-state index in [4.69, 9.17) is 14.2 Å². The summed E-state index contributed by atoms with van der Waals surface area (Å²) in [7, 11) is 3.15. The van der Waals surface area contributed by atoms with Gasteiger partial charge in [0.1, 0.15) is 11.5 Å². The van der Waals surface area contributed by atoms with Crippen molar-refractivity contribution >= 4 is 17.6 Å². The van der Waals surface area contributed by atoms with Crippen LogP contribution in [-0.4, -0.2) is 32.2 Å². The second-order valence-corrected chi connectivity index (χ2v) is 7.18. The van der Waals surface area contributed by atoms with Gasteiger partial charge in [-0.1, -0.05) is 6.07 Å². The molecule has 0 spiro atoms. The number of ether oxygens (including phenoxy) is 3. The highest BCUT2D eigenvalue weighted by Crippen LogP contribution is 2.25. The van der Waals surface area contributed by atoms with Crippen LogP contribution < -0.4 is 14.8 Å². The summed E-state index contributed by atoms with van der Waals surface area (Å²) in [6.45, 7) is 1.58. The Kier molecular flexibility index (Phi) is 6.75. The molecule has 0 aliphatic heterocycles. The molecule has 6 nitrogen and oxygen atoms in total. The fraction of sp³-hybridized carbons (Fsp3) is 0.391. The Morgan fingerprint density at radius 3 is 2.38 bits per heavy atom. The maximum Gasteiger partial charge on any atom is 0.306 e. The van der Waals surface area contributed by atoms with Gasteiger partial charge in [-0.15, -0.1) is 0 Å². The normalized spacial score (nSPS) is 13.3. The molecule has 0 unspecified atom stereocenters. The molecule has 6 heteroatoms. The van der Waals surface area contributed by atoms with E-state index in [9.17, 15) is 9.59 Å².